The van der Waals surface area contributed by atoms with E-state index in [-0.39, 0.29) is 0 Å². The summed E-state index contributed by atoms with van der Waals surface area (Å²) in [6.45, 7) is 0. The molecular formula is C9H5BrO3. The van der Waals surface area contributed by atoms with Crippen LogP contribution in [0.25, 0.3) is 11.0 Å². The Morgan fingerprint density at radius 3 is 2.85 bits per heavy atom. The molecule has 0 aliphatic carbocycles. The van der Waals surface area contributed by atoms with Crippen LogP contribution in [-0.4, -0.2) is 0 Å². The van der Waals surface area contributed by atoms with Crippen molar-refractivity contribution in [2.45, 2.75) is 0 Å². The molecule has 2 aromatic rings. The van der Waals surface area contributed by atoms with Crippen LogP contribution in [-0.2, 0) is 0 Å². The van der Waals surface area contributed by atoms with Gasteiger partial charge in [0.05, 0.1) is 11.5 Å². The molecule has 1 aromatic carbocycles. The summed E-state index contributed by atoms with van der Waals surface area (Å²) in [5, 5.41) is 0.763. The molecule has 0 saturated carbocycles. The van der Waals surface area contributed by atoms with Crippen LogP contribution in [0.1, 0.15) is 0 Å². The molecule has 0 atom stereocenters. The van der Waals surface area contributed by atoms with Gasteiger partial charge in [-0.1, -0.05) is 12.1 Å². The van der Waals surface area contributed by atoms with E-state index in [1.165, 1.54) is 6.07 Å². The molecule has 0 N–H and O–H groups in total. The SMILES string of the molecule is O=c1cc(OBr)c2ccccc2o1. The molecular weight excluding hydrogens is 236 g/mol. The van der Waals surface area contributed by atoms with E-state index in [0.29, 0.717) is 11.3 Å². The van der Waals surface area contributed by atoms with E-state index in [2.05, 4.69) is 16.3 Å². The summed E-state index contributed by atoms with van der Waals surface area (Å²) in [5.41, 5.74) is 0.0950. The number of hydrogen-bond acceptors (Lipinski definition) is 3. The van der Waals surface area contributed by atoms with Crippen LogP contribution in [0, 0.1) is 0 Å². The number of hydrogen-bond donors (Lipinski definition) is 0. The topological polar surface area (TPSA) is 39.4 Å². The van der Waals surface area contributed by atoms with Crippen LogP contribution in [0.5, 0.6) is 5.75 Å². The summed E-state index contributed by atoms with van der Waals surface area (Å²) < 4.78 is 9.81. The minimum atomic E-state index is -0.423. The highest BCUT2D eigenvalue weighted by Crippen LogP contribution is 2.24. The van der Waals surface area contributed by atoms with Crippen molar-refractivity contribution < 1.29 is 8.25 Å². The van der Waals surface area contributed by atoms with Crippen LogP contribution in [0.15, 0.2) is 39.5 Å². The highest BCUT2D eigenvalue weighted by molar-refractivity contribution is 9.06. The average Bonchev–Trinajstić information content (AvgIpc) is 2.16. The van der Waals surface area contributed by atoms with E-state index in [4.69, 9.17) is 8.25 Å². The number of fused-ring (bicyclic) bond motifs is 1. The Balaban J connectivity index is 2.89. The summed E-state index contributed by atoms with van der Waals surface area (Å²) in [6.07, 6.45) is 0. The molecule has 1 heterocycles. The predicted molar refractivity (Wildman–Crippen MR) is 52.0 cm³/mol. The van der Waals surface area contributed by atoms with Crippen molar-refractivity contribution >= 4 is 27.2 Å². The molecule has 0 saturated heterocycles. The summed E-state index contributed by atoms with van der Waals surface area (Å²) in [6, 6.07) is 8.46. The summed E-state index contributed by atoms with van der Waals surface area (Å²) in [4.78, 5) is 11.0. The van der Waals surface area contributed by atoms with Crippen molar-refractivity contribution in [3.8, 4) is 5.75 Å². The first-order valence-corrected chi connectivity index (χ1v) is 4.27. The van der Waals surface area contributed by atoms with Crippen LogP contribution in [0.4, 0.5) is 0 Å². The second-order valence-electron chi connectivity index (χ2n) is 2.50. The third kappa shape index (κ3) is 1.45. The molecule has 0 aliphatic heterocycles. The Hall–Kier alpha value is -1.29. The van der Waals surface area contributed by atoms with E-state index in [0.717, 1.165) is 5.39 Å². The van der Waals surface area contributed by atoms with Gasteiger partial charge in [-0.15, -0.1) is 0 Å². The molecule has 13 heavy (non-hydrogen) atoms. The zero-order valence-electron chi connectivity index (χ0n) is 6.49. The normalized spacial score (nSPS) is 10.2. The minimum Gasteiger partial charge on any atom is -0.422 e. The Morgan fingerprint density at radius 2 is 2.08 bits per heavy atom. The lowest BCUT2D eigenvalue weighted by atomic mass is 10.2. The second kappa shape index (κ2) is 3.22. The van der Waals surface area contributed by atoms with E-state index >= 15 is 0 Å². The molecule has 0 amide bonds. The van der Waals surface area contributed by atoms with Crippen molar-refractivity contribution in [2.75, 3.05) is 0 Å². The Labute approximate surface area is 82.4 Å². The fraction of sp³-hybridized carbons (Fsp3) is 0. The molecule has 0 spiro atoms. The molecule has 1 aromatic heterocycles. The van der Waals surface area contributed by atoms with E-state index in [1.807, 2.05) is 12.1 Å². The molecule has 2 rings (SSSR count). The largest absolute Gasteiger partial charge is 0.422 e. The molecule has 0 bridgehead atoms. The number of rotatable bonds is 1. The fourth-order valence-electron chi connectivity index (χ4n) is 1.15. The van der Waals surface area contributed by atoms with Crippen LogP contribution >= 0.6 is 16.3 Å². The van der Waals surface area contributed by atoms with Gasteiger partial charge in [0.15, 0.2) is 22.0 Å². The molecule has 0 aliphatic rings. The minimum absolute atomic E-state index is 0.423. The average molecular weight is 241 g/mol. The number of benzene rings is 1. The predicted octanol–water partition coefficient (Wildman–Crippen LogP) is 2.48. The number of halogens is 1. The molecule has 0 fully saturated rings. The molecule has 66 valence electrons. The van der Waals surface area contributed by atoms with E-state index in [1.54, 1.807) is 12.1 Å². The van der Waals surface area contributed by atoms with Gasteiger partial charge < -0.3 is 8.25 Å². The maximum Gasteiger partial charge on any atom is 0.340 e. The molecule has 3 nitrogen and oxygen atoms in total. The fourth-order valence-corrected chi connectivity index (χ4v) is 1.41. The summed E-state index contributed by atoms with van der Waals surface area (Å²) >= 11 is 2.83. The lowest BCUT2D eigenvalue weighted by Gasteiger charge is -1.99. The molecule has 0 radical (unpaired) electrons. The Kier molecular flexibility index (Phi) is 2.06. The van der Waals surface area contributed by atoms with E-state index < -0.39 is 5.63 Å². The first-order valence-electron chi connectivity index (χ1n) is 3.63. The highest BCUT2D eigenvalue weighted by atomic mass is 79.9. The van der Waals surface area contributed by atoms with Crippen molar-refractivity contribution in [3.63, 3.8) is 0 Å². The van der Waals surface area contributed by atoms with Gasteiger partial charge in [0.2, 0.25) is 0 Å². The quantitative estimate of drug-likeness (QED) is 0.720. The zero-order valence-corrected chi connectivity index (χ0v) is 8.08. The van der Waals surface area contributed by atoms with Crippen molar-refractivity contribution in [2.24, 2.45) is 0 Å². The maximum atomic E-state index is 11.0. The highest BCUT2D eigenvalue weighted by Gasteiger charge is 2.04. The third-order valence-electron chi connectivity index (χ3n) is 1.70. The van der Waals surface area contributed by atoms with Crippen molar-refractivity contribution in [1.29, 1.82) is 0 Å². The maximum absolute atomic E-state index is 11.0. The third-order valence-corrected chi connectivity index (χ3v) is 2.04. The second-order valence-corrected chi connectivity index (χ2v) is 2.83. The molecule has 0 unspecified atom stereocenters. The lowest BCUT2D eigenvalue weighted by Crippen LogP contribution is -1.96. The number of para-hydroxylation sites is 1. The van der Waals surface area contributed by atoms with Gasteiger partial charge in [0.1, 0.15) is 5.58 Å². The molecule has 4 heteroatoms. The van der Waals surface area contributed by atoms with Gasteiger partial charge in [0.25, 0.3) is 0 Å². The van der Waals surface area contributed by atoms with Crippen LogP contribution < -0.4 is 9.45 Å². The van der Waals surface area contributed by atoms with Gasteiger partial charge in [0, 0.05) is 0 Å². The smallest absolute Gasteiger partial charge is 0.340 e. The Morgan fingerprint density at radius 1 is 1.31 bits per heavy atom. The summed E-state index contributed by atoms with van der Waals surface area (Å²) in [5.74, 6) is 0.465. The van der Waals surface area contributed by atoms with Gasteiger partial charge in [-0.05, 0) is 12.1 Å². The standard InChI is InChI=1S/C9H5BrO3/c10-13-8-5-9(11)12-7-4-2-1-3-6(7)8/h1-5H. The van der Waals surface area contributed by atoms with Crippen LogP contribution in [0.3, 0.4) is 0 Å². The first kappa shape index (κ1) is 8.31. The van der Waals surface area contributed by atoms with Gasteiger partial charge in [-0.2, -0.15) is 0 Å². The monoisotopic (exact) mass is 240 g/mol. The summed E-state index contributed by atoms with van der Waals surface area (Å²) in [7, 11) is 0. The van der Waals surface area contributed by atoms with Crippen molar-refractivity contribution in [1.82, 2.24) is 0 Å². The van der Waals surface area contributed by atoms with Gasteiger partial charge >= 0.3 is 5.63 Å². The Bertz CT molecular complexity index is 489. The van der Waals surface area contributed by atoms with Gasteiger partial charge in [-0.3, -0.25) is 0 Å². The van der Waals surface area contributed by atoms with Crippen LogP contribution in [0.2, 0.25) is 0 Å². The van der Waals surface area contributed by atoms with E-state index in [9.17, 15) is 4.79 Å². The first-order chi connectivity index (χ1) is 6.31. The van der Waals surface area contributed by atoms with Crippen molar-refractivity contribution in [3.05, 3.63) is 40.8 Å². The van der Waals surface area contributed by atoms with Gasteiger partial charge in [-0.25, -0.2) is 4.79 Å². The zero-order chi connectivity index (χ0) is 9.26. The lowest BCUT2D eigenvalue weighted by molar-refractivity contribution is 0.551.